The maximum Gasteiger partial charge on any atom is 0.252 e. The second kappa shape index (κ2) is 11.2. The molecule has 3 aromatic rings. The molecule has 4 rings (SSSR count). The number of aryl methyl sites for hydroxylation is 2. The first-order valence-corrected chi connectivity index (χ1v) is 12.7. The SMILES string of the molecule is CCC[C@H](c1nnnn1CCOC)N(Cc1cc2cc(C)c(C)cc2[nH]c1=O)C1CCCCC1. The molecule has 0 bridgehead atoms. The van der Waals surface area contributed by atoms with Gasteiger partial charge in [-0.3, -0.25) is 9.69 Å². The Labute approximate surface area is 201 Å². The van der Waals surface area contributed by atoms with E-state index in [4.69, 9.17) is 4.74 Å². The quantitative estimate of drug-likeness (QED) is 0.475. The number of H-pyrrole nitrogens is 1. The maximum absolute atomic E-state index is 13.2. The van der Waals surface area contributed by atoms with Crippen LogP contribution in [-0.2, 0) is 17.8 Å². The smallest absolute Gasteiger partial charge is 0.252 e. The van der Waals surface area contributed by atoms with Crippen LogP contribution < -0.4 is 5.56 Å². The number of nitrogens with one attached hydrogen (secondary N) is 1. The number of tetrazole rings is 1. The first kappa shape index (κ1) is 24.5. The molecule has 0 unspecified atom stereocenters. The van der Waals surface area contributed by atoms with E-state index in [-0.39, 0.29) is 11.6 Å². The minimum absolute atomic E-state index is 0.00853. The molecule has 1 aromatic carbocycles. The molecule has 1 fully saturated rings. The number of aromatic nitrogens is 5. The highest BCUT2D eigenvalue weighted by Crippen LogP contribution is 2.33. The van der Waals surface area contributed by atoms with Crippen LogP contribution in [0.25, 0.3) is 10.9 Å². The van der Waals surface area contributed by atoms with Gasteiger partial charge < -0.3 is 9.72 Å². The molecule has 0 saturated heterocycles. The molecule has 0 radical (unpaired) electrons. The summed E-state index contributed by atoms with van der Waals surface area (Å²) in [6.07, 6.45) is 7.96. The molecule has 1 aliphatic rings. The van der Waals surface area contributed by atoms with Gasteiger partial charge in [-0.1, -0.05) is 32.6 Å². The lowest BCUT2D eigenvalue weighted by Crippen LogP contribution is -2.41. The molecule has 0 amide bonds. The number of nitrogens with zero attached hydrogens (tertiary/aromatic N) is 5. The van der Waals surface area contributed by atoms with Crippen LogP contribution in [0, 0.1) is 13.8 Å². The Morgan fingerprint density at radius 2 is 1.94 bits per heavy atom. The number of rotatable bonds is 10. The monoisotopic (exact) mass is 466 g/mol. The van der Waals surface area contributed by atoms with Gasteiger partial charge in [-0.05, 0) is 78.2 Å². The van der Waals surface area contributed by atoms with Crippen molar-refractivity contribution in [2.75, 3.05) is 13.7 Å². The molecule has 1 atom stereocenters. The van der Waals surface area contributed by atoms with Crippen LogP contribution in [0.4, 0.5) is 0 Å². The second-order valence-electron chi connectivity index (χ2n) is 9.67. The van der Waals surface area contributed by atoms with E-state index in [1.807, 2.05) is 4.68 Å². The van der Waals surface area contributed by atoms with Crippen LogP contribution in [0.5, 0.6) is 0 Å². The molecular weight excluding hydrogens is 428 g/mol. The highest BCUT2D eigenvalue weighted by molar-refractivity contribution is 5.80. The lowest BCUT2D eigenvalue weighted by Gasteiger charge is -2.39. The Bertz CT molecular complexity index is 1150. The largest absolute Gasteiger partial charge is 0.383 e. The molecule has 1 saturated carbocycles. The Morgan fingerprint density at radius 3 is 2.68 bits per heavy atom. The molecule has 1 N–H and O–H groups in total. The molecule has 8 heteroatoms. The summed E-state index contributed by atoms with van der Waals surface area (Å²) in [5.74, 6) is 0.869. The van der Waals surface area contributed by atoms with E-state index in [1.165, 1.54) is 30.4 Å². The molecule has 2 aromatic heterocycles. The van der Waals surface area contributed by atoms with Crippen LogP contribution in [0.3, 0.4) is 0 Å². The van der Waals surface area contributed by atoms with Gasteiger partial charge in [0.05, 0.1) is 19.2 Å². The number of fused-ring (bicyclic) bond motifs is 1. The van der Waals surface area contributed by atoms with E-state index in [0.29, 0.717) is 25.7 Å². The zero-order valence-electron chi connectivity index (χ0n) is 21.0. The van der Waals surface area contributed by atoms with Gasteiger partial charge in [-0.2, -0.15) is 0 Å². The topological polar surface area (TPSA) is 88.9 Å². The molecule has 2 heterocycles. The van der Waals surface area contributed by atoms with E-state index < -0.39 is 0 Å². The van der Waals surface area contributed by atoms with Crippen LogP contribution in [0.15, 0.2) is 23.0 Å². The molecule has 1 aliphatic carbocycles. The van der Waals surface area contributed by atoms with Crippen molar-refractivity contribution in [2.45, 2.75) is 90.9 Å². The average molecular weight is 467 g/mol. The first-order valence-electron chi connectivity index (χ1n) is 12.7. The van der Waals surface area contributed by atoms with E-state index in [9.17, 15) is 4.79 Å². The number of aromatic amines is 1. The first-order chi connectivity index (χ1) is 16.5. The number of benzene rings is 1. The third-order valence-electron chi connectivity index (χ3n) is 7.26. The highest BCUT2D eigenvalue weighted by Gasteiger charge is 2.32. The third-order valence-corrected chi connectivity index (χ3v) is 7.26. The summed E-state index contributed by atoms with van der Waals surface area (Å²) >= 11 is 0. The fraction of sp³-hybridized carbons (Fsp3) is 0.615. The van der Waals surface area contributed by atoms with Crippen molar-refractivity contribution in [2.24, 2.45) is 0 Å². The van der Waals surface area contributed by atoms with Crippen molar-refractivity contribution in [1.82, 2.24) is 30.1 Å². The highest BCUT2D eigenvalue weighted by atomic mass is 16.5. The average Bonchev–Trinajstić information content (AvgIpc) is 3.30. The van der Waals surface area contributed by atoms with Crippen molar-refractivity contribution in [3.8, 4) is 0 Å². The zero-order chi connectivity index (χ0) is 24.1. The Balaban J connectivity index is 1.73. The number of hydrogen-bond donors (Lipinski definition) is 1. The molecule has 0 spiro atoms. The van der Waals surface area contributed by atoms with E-state index >= 15 is 0 Å². The number of pyridine rings is 1. The Hall–Kier alpha value is -2.58. The maximum atomic E-state index is 13.2. The lowest BCUT2D eigenvalue weighted by molar-refractivity contribution is 0.0795. The van der Waals surface area contributed by atoms with Gasteiger partial charge >= 0.3 is 0 Å². The van der Waals surface area contributed by atoms with Gasteiger partial charge in [0.1, 0.15) is 0 Å². The fourth-order valence-corrected chi connectivity index (χ4v) is 5.25. The van der Waals surface area contributed by atoms with Crippen LogP contribution in [-0.4, -0.2) is 49.8 Å². The molecule has 0 aliphatic heterocycles. The van der Waals surface area contributed by atoms with E-state index in [0.717, 1.165) is 48.0 Å². The summed E-state index contributed by atoms with van der Waals surface area (Å²) < 4.78 is 7.15. The van der Waals surface area contributed by atoms with Gasteiger partial charge in [0.2, 0.25) is 0 Å². The van der Waals surface area contributed by atoms with Gasteiger partial charge in [0.25, 0.3) is 5.56 Å². The summed E-state index contributed by atoms with van der Waals surface area (Å²) in [6.45, 7) is 8.16. The van der Waals surface area contributed by atoms with Crippen molar-refractivity contribution < 1.29 is 4.74 Å². The lowest BCUT2D eigenvalue weighted by atomic mass is 9.91. The predicted molar refractivity (Wildman–Crippen MR) is 134 cm³/mol. The van der Waals surface area contributed by atoms with Crippen molar-refractivity contribution in [1.29, 1.82) is 0 Å². The minimum atomic E-state index is -0.00853. The van der Waals surface area contributed by atoms with Gasteiger partial charge in [0, 0.05) is 30.8 Å². The summed E-state index contributed by atoms with van der Waals surface area (Å²) in [5, 5.41) is 13.8. The Kier molecular flexibility index (Phi) is 8.11. The third kappa shape index (κ3) is 5.39. The molecule has 34 heavy (non-hydrogen) atoms. The number of methoxy groups -OCH3 is 1. The second-order valence-corrected chi connectivity index (χ2v) is 9.67. The van der Waals surface area contributed by atoms with Crippen molar-refractivity contribution in [3.63, 3.8) is 0 Å². The summed E-state index contributed by atoms with van der Waals surface area (Å²) in [7, 11) is 1.69. The number of hydrogen-bond acceptors (Lipinski definition) is 6. The van der Waals surface area contributed by atoms with Crippen molar-refractivity contribution >= 4 is 10.9 Å². The summed E-state index contributed by atoms with van der Waals surface area (Å²) in [5.41, 5.74) is 4.11. The van der Waals surface area contributed by atoms with E-state index in [1.54, 1.807) is 7.11 Å². The van der Waals surface area contributed by atoms with E-state index in [2.05, 4.69) is 64.4 Å². The van der Waals surface area contributed by atoms with Gasteiger partial charge in [0.15, 0.2) is 5.82 Å². The van der Waals surface area contributed by atoms with Crippen LogP contribution in [0.2, 0.25) is 0 Å². The zero-order valence-corrected chi connectivity index (χ0v) is 21.0. The van der Waals surface area contributed by atoms with Gasteiger partial charge in [-0.15, -0.1) is 5.10 Å². The van der Waals surface area contributed by atoms with Gasteiger partial charge in [-0.25, -0.2) is 4.68 Å². The summed E-state index contributed by atoms with van der Waals surface area (Å²) in [4.78, 5) is 18.8. The predicted octanol–water partition coefficient (Wildman–Crippen LogP) is 4.45. The normalized spacial score (nSPS) is 15.9. The standard InChI is InChI=1S/C26H38N6O2/c1-5-9-24(25-28-29-30-32(25)12-13-34-4)31(22-10-7-6-8-11-22)17-21-16-20-14-18(2)19(3)15-23(20)27-26(21)33/h14-16,22,24H,5-13,17H2,1-4H3,(H,27,33)/t24-/m1/s1. The minimum Gasteiger partial charge on any atom is -0.383 e. The number of ether oxygens (including phenoxy) is 1. The van der Waals surface area contributed by atoms with Crippen LogP contribution in [0.1, 0.15) is 80.4 Å². The molecule has 184 valence electrons. The van der Waals surface area contributed by atoms with Crippen LogP contribution >= 0.6 is 0 Å². The summed E-state index contributed by atoms with van der Waals surface area (Å²) in [6, 6.07) is 6.78. The molecular formula is C26H38N6O2. The molecule has 8 nitrogen and oxygen atoms in total. The fourth-order valence-electron chi connectivity index (χ4n) is 5.25. The Morgan fingerprint density at radius 1 is 1.18 bits per heavy atom. The van der Waals surface area contributed by atoms with Crippen molar-refractivity contribution in [3.05, 3.63) is 51.1 Å².